The number of aryl methyl sites for hydroxylation is 2. The Morgan fingerprint density at radius 3 is 2.93 bits per heavy atom. The lowest BCUT2D eigenvalue weighted by Crippen LogP contribution is -2.60. The topological polar surface area (TPSA) is 65.1 Å². The molecule has 0 unspecified atom stereocenters. The molecular weight excluding hydrogens is 350 g/mol. The summed E-state index contributed by atoms with van der Waals surface area (Å²) in [7, 11) is 1.91. The van der Waals surface area contributed by atoms with Crippen LogP contribution in [0.2, 0.25) is 0 Å². The van der Waals surface area contributed by atoms with Gasteiger partial charge in [-0.25, -0.2) is 0 Å². The number of carbonyl (C=O) groups excluding carboxylic acids is 1. The molecule has 1 amide bonds. The molecule has 3 aromatic rings. The number of nitrogens with one attached hydrogen (secondary N) is 1. The Bertz CT molecular complexity index is 1020. The molecule has 2 aromatic heterocycles. The van der Waals surface area contributed by atoms with E-state index in [4.69, 9.17) is 0 Å². The predicted octanol–water partition coefficient (Wildman–Crippen LogP) is 2.73. The molecule has 0 saturated carbocycles. The molecule has 0 bridgehead atoms. The van der Waals surface area contributed by atoms with Gasteiger partial charge in [0.2, 0.25) is 5.91 Å². The van der Waals surface area contributed by atoms with Crippen LogP contribution in [0.25, 0.3) is 10.9 Å². The van der Waals surface area contributed by atoms with E-state index in [1.165, 1.54) is 18.4 Å². The van der Waals surface area contributed by atoms with Crippen molar-refractivity contribution in [2.45, 2.75) is 38.1 Å². The summed E-state index contributed by atoms with van der Waals surface area (Å²) in [6.07, 6.45) is 7.00. The summed E-state index contributed by atoms with van der Waals surface area (Å²) in [6, 6.07) is 10.5. The highest BCUT2D eigenvalue weighted by molar-refractivity contribution is 5.89. The monoisotopic (exact) mass is 375 g/mol. The number of hydrogen-bond donors (Lipinski definition) is 1. The van der Waals surface area contributed by atoms with Gasteiger partial charge in [-0.15, -0.1) is 5.10 Å². The van der Waals surface area contributed by atoms with Gasteiger partial charge in [-0.3, -0.25) is 4.79 Å². The Hall–Kier alpha value is -2.89. The smallest absolute Gasteiger partial charge is 0.227 e. The van der Waals surface area contributed by atoms with Crippen molar-refractivity contribution in [3.8, 4) is 0 Å². The number of H-pyrrole nitrogens is 1. The number of nitrogens with zero attached hydrogens (tertiary/aromatic N) is 4. The summed E-state index contributed by atoms with van der Waals surface area (Å²) in [5.41, 5.74) is 4.65. The summed E-state index contributed by atoms with van der Waals surface area (Å²) in [5.74, 6) is 1.11. The van der Waals surface area contributed by atoms with E-state index in [-0.39, 0.29) is 11.9 Å². The number of para-hydroxylation sites is 1. The molecule has 1 saturated heterocycles. The highest BCUT2D eigenvalue weighted by Gasteiger charge is 2.34. The maximum Gasteiger partial charge on any atom is 0.227 e. The molecule has 2 aliphatic rings. The first-order chi connectivity index (χ1) is 13.7. The number of aromatic amines is 1. The van der Waals surface area contributed by atoms with E-state index in [9.17, 15) is 4.79 Å². The highest BCUT2D eigenvalue weighted by atomic mass is 16.2. The zero-order chi connectivity index (χ0) is 19.1. The summed E-state index contributed by atoms with van der Waals surface area (Å²) >= 11 is 0. The second kappa shape index (κ2) is 6.93. The molecule has 1 fully saturated rings. The van der Waals surface area contributed by atoms with Gasteiger partial charge in [-0.2, -0.15) is 5.10 Å². The van der Waals surface area contributed by atoms with Crippen LogP contribution in [-0.2, 0) is 24.1 Å². The maximum absolute atomic E-state index is 12.8. The number of anilines is 1. The Morgan fingerprint density at radius 2 is 2.04 bits per heavy atom. The molecule has 6 nitrogen and oxygen atoms in total. The number of aromatic nitrogens is 3. The Balaban J connectivity index is 1.21. The second-order valence-corrected chi connectivity index (χ2v) is 7.98. The van der Waals surface area contributed by atoms with Crippen LogP contribution in [0.1, 0.15) is 29.7 Å². The predicted molar refractivity (Wildman–Crippen MR) is 109 cm³/mol. The molecule has 5 rings (SSSR count). The fraction of sp³-hybridized carbons (Fsp3) is 0.409. The van der Waals surface area contributed by atoms with Crippen molar-refractivity contribution in [3.05, 3.63) is 53.3 Å². The minimum Gasteiger partial charge on any atom is -0.361 e. The quantitative estimate of drug-likeness (QED) is 0.762. The summed E-state index contributed by atoms with van der Waals surface area (Å²) in [5, 5.41) is 9.97. The molecule has 1 aliphatic carbocycles. The fourth-order valence-electron chi connectivity index (χ4n) is 4.29. The number of fused-ring (bicyclic) bond motifs is 2. The van der Waals surface area contributed by atoms with Crippen LogP contribution in [0.4, 0.5) is 5.82 Å². The van der Waals surface area contributed by atoms with Crippen molar-refractivity contribution in [2.75, 3.05) is 25.0 Å². The molecular formula is C22H25N5O. The van der Waals surface area contributed by atoms with Gasteiger partial charge in [0.25, 0.3) is 0 Å². The number of amides is 1. The van der Waals surface area contributed by atoms with Gasteiger partial charge in [0, 0.05) is 37.2 Å². The standard InChI is InChI=1S/C22H25N5O/c1-26(22(28)11-16-12-23-20-9-5-3-7-18(16)20)17-13-27(14-17)21-10-15-6-2-4-8-19(15)24-25-21/h3,5,7,9-10,12,17,23H,2,4,6,8,11,13-14H2,1H3. The molecule has 0 spiro atoms. The van der Waals surface area contributed by atoms with E-state index in [0.717, 1.165) is 53.9 Å². The van der Waals surface area contributed by atoms with Crippen molar-refractivity contribution in [3.63, 3.8) is 0 Å². The van der Waals surface area contributed by atoms with Crippen LogP contribution < -0.4 is 4.90 Å². The number of likely N-dealkylation sites (N-methyl/N-ethyl adjacent to an activating group) is 1. The number of hydrogen-bond acceptors (Lipinski definition) is 4. The largest absolute Gasteiger partial charge is 0.361 e. The van der Waals surface area contributed by atoms with Crippen molar-refractivity contribution in [1.82, 2.24) is 20.1 Å². The molecule has 3 heterocycles. The van der Waals surface area contributed by atoms with E-state index >= 15 is 0 Å². The van der Waals surface area contributed by atoms with Crippen LogP contribution >= 0.6 is 0 Å². The van der Waals surface area contributed by atoms with Crippen LogP contribution in [0.15, 0.2) is 36.5 Å². The van der Waals surface area contributed by atoms with E-state index in [2.05, 4.69) is 32.2 Å². The third-order valence-electron chi connectivity index (χ3n) is 6.20. The highest BCUT2D eigenvalue weighted by Crippen LogP contribution is 2.26. The summed E-state index contributed by atoms with van der Waals surface area (Å²) < 4.78 is 0. The van der Waals surface area contributed by atoms with Crippen molar-refractivity contribution < 1.29 is 4.79 Å². The zero-order valence-electron chi connectivity index (χ0n) is 16.2. The molecule has 6 heteroatoms. The first-order valence-electron chi connectivity index (χ1n) is 10.1. The summed E-state index contributed by atoms with van der Waals surface area (Å²) in [6.45, 7) is 1.65. The molecule has 1 N–H and O–H groups in total. The fourth-order valence-corrected chi connectivity index (χ4v) is 4.29. The molecule has 28 heavy (non-hydrogen) atoms. The third-order valence-corrected chi connectivity index (χ3v) is 6.20. The SMILES string of the molecule is CN(C(=O)Cc1c[nH]c2ccccc12)C1CN(c2cc3c(nn2)CCCC3)C1. The average molecular weight is 375 g/mol. The van der Waals surface area contributed by atoms with E-state index < -0.39 is 0 Å². The van der Waals surface area contributed by atoms with Gasteiger partial charge in [-0.1, -0.05) is 18.2 Å². The van der Waals surface area contributed by atoms with Gasteiger partial charge < -0.3 is 14.8 Å². The van der Waals surface area contributed by atoms with Crippen molar-refractivity contribution in [2.24, 2.45) is 0 Å². The lowest BCUT2D eigenvalue weighted by Gasteiger charge is -2.44. The molecule has 1 aliphatic heterocycles. The first-order valence-corrected chi connectivity index (χ1v) is 10.1. The van der Waals surface area contributed by atoms with Gasteiger partial charge in [0.1, 0.15) is 0 Å². The van der Waals surface area contributed by atoms with Crippen molar-refractivity contribution >= 4 is 22.6 Å². The van der Waals surface area contributed by atoms with Crippen LogP contribution in [0, 0.1) is 0 Å². The third kappa shape index (κ3) is 3.03. The minimum absolute atomic E-state index is 0.158. The molecule has 144 valence electrons. The van der Waals surface area contributed by atoms with E-state index in [1.54, 1.807) is 0 Å². The lowest BCUT2D eigenvalue weighted by molar-refractivity contribution is -0.131. The summed E-state index contributed by atoms with van der Waals surface area (Å²) in [4.78, 5) is 20.2. The second-order valence-electron chi connectivity index (χ2n) is 7.98. The van der Waals surface area contributed by atoms with Crippen LogP contribution in [0.3, 0.4) is 0 Å². The van der Waals surface area contributed by atoms with Gasteiger partial charge in [0.05, 0.1) is 18.2 Å². The van der Waals surface area contributed by atoms with Gasteiger partial charge >= 0.3 is 0 Å². The lowest BCUT2D eigenvalue weighted by atomic mass is 9.96. The Kier molecular flexibility index (Phi) is 4.26. The van der Waals surface area contributed by atoms with E-state index in [0.29, 0.717) is 6.42 Å². The molecule has 0 radical (unpaired) electrons. The van der Waals surface area contributed by atoms with E-state index in [1.807, 2.05) is 36.3 Å². The van der Waals surface area contributed by atoms with Crippen LogP contribution in [0.5, 0.6) is 0 Å². The molecule has 0 atom stereocenters. The number of benzene rings is 1. The van der Waals surface area contributed by atoms with Crippen LogP contribution in [-0.4, -0.2) is 52.2 Å². The number of rotatable bonds is 4. The van der Waals surface area contributed by atoms with Crippen molar-refractivity contribution in [1.29, 1.82) is 0 Å². The average Bonchev–Trinajstić information content (AvgIpc) is 3.09. The maximum atomic E-state index is 12.8. The Labute approximate surface area is 164 Å². The molecule has 1 aromatic carbocycles. The Morgan fingerprint density at radius 1 is 1.21 bits per heavy atom. The number of carbonyl (C=O) groups is 1. The first kappa shape index (κ1) is 17.2. The minimum atomic E-state index is 0.158. The van der Waals surface area contributed by atoms with Gasteiger partial charge in [-0.05, 0) is 48.9 Å². The van der Waals surface area contributed by atoms with Gasteiger partial charge in [0.15, 0.2) is 5.82 Å². The normalized spacial score (nSPS) is 16.7. The zero-order valence-corrected chi connectivity index (χ0v) is 16.2.